The van der Waals surface area contributed by atoms with E-state index in [1.807, 2.05) is 18.2 Å². The van der Waals surface area contributed by atoms with Crippen molar-refractivity contribution >= 4 is 21.6 Å². The largest absolute Gasteiger partial charge is 0.388 e. The molecule has 2 rings (SSSR count). The van der Waals surface area contributed by atoms with Gasteiger partial charge in [-0.05, 0) is 24.1 Å². The summed E-state index contributed by atoms with van der Waals surface area (Å²) in [6.45, 7) is 0.129. The SMILES string of the molecule is O=S(=O)(NCCC(O)c1ccccc1)c1ccccc1Cl. The van der Waals surface area contributed by atoms with E-state index in [9.17, 15) is 13.5 Å². The van der Waals surface area contributed by atoms with Gasteiger partial charge in [-0.15, -0.1) is 0 Å². The highest BCUT2D eigenvalue weighted by Gasteiger charge is 2.17. The molecule has 1 atom stereocenters. The number of hydrogen-bond acceptors (Lipinski definition) is 3. The van der Waals surface area contributed by atoms with Crippen LogP contribution in [0.3, 0.4) is 0 Å². The van der Waals surface area contributed by atoms with Gasteiger partial charge in [0.2, 0.25) is 10.0 Å². The molecule has 0 radical (unpaired) electrons. The Morgan fingerprint density at radius 1 is 1.05 bits per heavy atom. The van der Waals surface area contributed by atoms with Gasteiger partial charge in [-0.2, -0.15) is 0 Å². The molecule has 112 valence electrons. The van der Waals surface area contributed by atoms with Gasteiger partial charge in [-0.3, -0.25) is 0 Å². The molecule has 0 aliphatic carbocycles. The minimum Gasteiger partial charge on any atom is -0.388 e. The highest BCUT2D eigenvalue weighted by Crippen LogP contribution is 2.20. The summed E-state index contributed by atoms with van der Waals surface area (Å²) in [5, 5.41) is 10.2. The molecule has 0 amide bonds. The molecule has 0 saturated heterocycles. The number of aliphatic hydroxyl groups is 1. The van der Waals surface area contributed by atoms with Gasteiger partial charge >= 0.3 is 0 Å². The lowest BCUT2D eigenvalue weighted by atomic mass is 10.1. The third-order valence-electron chi connectivity index (χ3n) is 3.02. The first-order chi connectivity index (χ1) is 10.0. The van der Waals surface area contributed by atoms with Crippen LogP contribution >= 0.6 is 11.6 Å². The number of hydrogen-bond donors (Lipinski definition) is 2. The molecular weight excluding hydrogens is 310 g/mol. The molecule has 0 aliphatic heterocycles. The van der Waals surface area contributed by atoms with Crippen molar-refractivity contribution in [3.05, 3.63) is 65.2 Å². The first-order valence-electron chi connectivity index (χ1n) is 6.48. The van der Waals surface area contributed by atoms with E-state index in [1.54, 1.807) is 24.3 Å². The number of benzene rings is 2. The van der Waals surface area contributed by atoms with Crippen LogP contribution in [0, 0.1) is 0 Å². The third-order valence-corrected chi connectivity index (χ3v) is 4.98. The second-order valence-corrected chi connectivity index (χ2v) is 6.69. The van der Waals surface area contributed by atoms with Crippen molar-refractivity contribution in [1.29, 1.82) is 0 Å². The Labute approximate surface area is 129 Å². The second kappa shape index (κ2) is 7.04. The molecule has 0 aromatic heterocycles. The van der Waals surface area contributed by atoms with Crippen molar-refractivity contribution in [2.75, 3.05) is 6.54 Å². The number of halogens is 1. The minimum atomic E-state index is -3.66. The van der Waals surface area contributed by atoms with Crippen LogP contribution < -0.4 is 4.72 Å². The Morgan fingerprint density at radius 3 is 2.33 bits per heavy atom. The van der Waals surface area contributed by atoms with Gasteiger partial charge in [0.15, 0.2) is 0 Å². The summed E-state index contributed by atoms with van der Waals surface area (Å²) < 4.78 is 26.6. The predicted molar refractivity (Wildman–Crippen MR) is 82.7 cm³/mol. The van der Waals surface area contributed by atoms with E-state index in [4.69, 9.17) is 11.6 Å². The average Bonchev–Trinajstić information content (AvgIpc) is 2.48. The van der Waals surface area contributed by atoms with E-state index in [1.165, 1.54) is 12.1 Å². The van der Waals surface area contributed by atoms with Crippen LogP contribution in [0.15, 0.2) is 59.5 Å². The van der Waals surface area contributed by atoms with E-state index in [0.29, 0.717) is 0 Å². The summed E-state index contributed by atoms with van der Waals surface area (Å²) >= 11 is 5.88. The van der Waals surface area contributed by atoms with Crippen LogP contribution in [-0.2, 0) is 10.0 Å². The van der Waals surface area contributed by atoms with Crippen molar-refractivity contribution in [2.45, 2.75) is 17.4 Å². The number of rotatable bonds is 6. The molecule has 0 fully saturated rings. The summed E-state index contributed by atoms with van der Waals surface area (Å²) in [5.41, 5.74) is 0.759. The van der Waals surface area contributed by atoms with Crippen molar-refractivity contribution in [3.63, 3.8) is 0 Å². The first kappa shape index (κ1) is 16.0. The van der Waals surface area contributed by atoms with E-state index < -0.39 is 16.1 Å². The van der Waals surface area contributed by atoms with Crippen molar-refractivity contribution in [3.8, 4) is 0 Å². The molecule has 21 heavy (non-hydrogen) atoms. The fraction of sp³-hybridized carbons (Fsp3) is 0.200. The summed E-state index contributed by atoms with van der Waals surface area (Å²) in [5.74, 6) is 0. The summed E-state index contributed by atoms with van der Waals surface area (Å²) in [7, 11) is -3.66. The normalized spacial score (nSPS) is 13.0. The minimum absolute atomic E-state index is 0.0425. The van der Waals surface area contributed by atoms with Crippen LogP contribution in [0.25, 0.3) is 0 Å². The summed E-state index contributed by atoms with van der Waals surface area (Å²) in [6.07, 6.45) is -0.423. The molecule has 2 aromatic rings. The Balaban J connectivity index is 1.96. The van der Waals surface area contributed by atoms with Gasteiger partial charge < -0.3 is 5.11 Å². The van der Waals surface area contributed by atoms with E-state index in [0.717, 1.165) is 5.56 Å². The number of sulfonamides is 1. The molecule has 0 heterocycles. The summed E-state index contributed by atoms with van der Waals surface area (Å²) in [6, 6.07) is 15.3. The van der Waals surface area contributed by atoms with E-state index in [-0.39, 0.29) is 22.9 Å². The predicted octanol–water partition coefficient (Wildman–Crippen LogP) is 2.74. The monoisotopic (exact) mass is 325 g/mol. The van der Waals surface area contributed by atoms with Gasteiger partial charge in [0.1, 0.15) is 4.90 Å². The molecule has 6 heteroatoms. The maximum Gasteiger partial charge on any atom is 0.242 e. The Bertz CT molecular complexity index is 689. The summed E-state index contributed by atoms with van der Waals surface area (Å²) in [4.78, 5) is 0.0425. The fourth-order valence-electron chi connectivity index (χ4n) is 1.91. The molecule has 2 aromatic carbocycles. The molecule has 1 unspecified atom stereocenters. The van der Waals surface area contributed by atoms with Crippen molar-refractivity contribution in [2.24, 2.45) is 0 Å². The molecule has 4 nitrogen and oxygen atoms in total. The average molecular weight is 326 g/mol. The molecule has 0 saturated carbocycles. The maximum atomic E-state index is 12.1. The van der Waals surface area contributed by atoms with E-state index >= 15 is 0 Å². The van der Waals surface area contributed by atoms with Crippen molar-refractivity contribution < 1.29 is 13.5 Å². The zero-order valence-electron chi connectivity index (χ0n) is 11.2. The Kier molecular flexibility index (Phi) is 5.36. The molecule has 2 N–H and O–H groups in total. The van der Waals surface area contributed by atoms with Crippen LogP contribution in [-0.4, -0.2) is 20.1 Å². The quantitative estimate of drug-likeness (QED) is 0.858. The smallest absolute Gasteiger partial charge is 0.242 e. The zero-order chi connectivity index (χ0) is 15.3. The van der Waals surface area contributed by atoms with Crippen LogP contribution in [0.1, 0.15) is 18.1 Å². The second-order valence-electron chi connectivity index (χ2n) is 4.54. The van der Waals surface area contributed by atoms with Crippen LogP contribution in [0.4, 0.5) is 0 Å². The number of aliphatic hydroxyl groups excluding tert-OH is 1. The lowest BCUT2D eigenvalue weighted by Crippen LogP contribution is -2.26. The zero-order valence-corrected chi connectivity index (χ0v) is 12.8. The third kappa shape index (κ3) is 4.28. The molecule has 0 aliphatic rings. The lowest BCUT2D eigenvalue weighted by molar-refractivity contribution is 0.169. The van der Waals surface area contributed by atoms with Crippen molar-refractivity contribution in [1.82, 2.24) is 4.72 Å². The van der Waals surface area contributed by atoms with Crippen LogP contribution in [0.2, 0.25) is 5.02 Å². The number of nitrogens with one attached hydrogen (secondary N) is 1. The van der Waals surface area contributed by atoms with Gasteiger partial charge in [-0.25, -0.2) is 13.1 Å². The van der Waals surface area contributed by atoms with Gasteiger partial charge in [-0.1, -0.05) is 54.1 Å². The highest BCUT2D eigenvalue weighted by atomic mass is 35.5. The lowest BCUT2D eigenvalue weighted by Gasteiger charge is -2.12. The molecular formula is C15H16ClNO3S. The molecule has 0 spiro atoms. The van der Waals surface area contributed by atoms with Gasteiger partial charge in [0.05, 0.1) is 11.1 Å². The fourth-order valence-corrected chi connectivity index (χ4v) is 3.48. The van der Waals surface area contributed by atoms with Gasteiger partial charge in [0.25, 0.3) is 0 Å². The van der Waals surface area contributed by atoms with Crippen LogP contribution in [0.5, 0.6) is 0 Å². The first-order valence-corrected chi connectivity index (χ1v) is 8.34. The maximum absolute atomic E-state index is 12.1. The topological polar surface area (TPSA) is 66.4 Å². The molecule has 0 bridgehead atoms. The Morgan fingerprint density at radius 2 is 1.67 bits per heavy atom. The standard InChI is InChI=1S/C15H16ClNO3S/c16-13-8-4-5-9-15(13)21(19,20)17-11-10-14(18)12-6-2-1-3-7-12/h1-9,14,17-18H,10-11H2. The Hall–Kier alpha value is -1.40. The highest BCUT2D eigenvalue weighted by molar-refractivity contribution is 7.89. The van der Waals surface area contributed by atoms with Gasteiger partial charge in [0, 0.05) is 6.54 Å². The van der Waals surface area contributed by atoms with E-state index in [2.05, 4.69) is 4.72 Å².